The molecule has 2 aromatic rings. The van der Waals surface area contributed by atoms with E-state index in [-0.39, 0.29) is 39.8 Å². The summed E-state index contributed by atoms with van der Waals surface area (Å²) in [6.07, 6.45) is 0. The fourth-order valence-corrected chi connectivity index (χ4v) is 2.94. The number of carbonyl (C=O) groups is 1. The van der Waals surface area contributed by atoms with Crippen molar-refractivity contribution in [2.45, 2.75) is 12.8 Å². The molecule has 134 valence electrons. The Hall–Kier alpha value is -3.62. The van der Waals surface area contributed by atoms with Gasteiger partial charge in [0.2, 0.25) is 5.88 Å². The van der Waals surface area contributed by atoms with Gasteiger partial charge in [0.1, 0.15) is 17.1 Å². The molecule has 2 heterocycles. The fourth-order valence-electron chi connectivity index (χ4n) is 2.94. The molecule has 0 spiro atoms. The normalized spacial score (nSPS) is 15.8. The van der Waals surface area contributed by atoms with Crippen LogP contribution in [0.25, 0.3) is 0 Å². The molecular weight excluding hydrogens is 344 g/mol. The lowest BCUT2D eigenvalue weighted by Crippen LogP contribution is -2.31. The molecule has 1 unspecified atom stereocenters. The summed E-state index contributed by atoms with van der Waals surface area (Å²) in [5.41, 5.74) is 4.66. The number of esters is 1. The van der Waals surface area contributed by atoms with Crippen LogP contribution in [0.1, 0.15) is 22.8 Å². The van der Waals surface area contributed by atoms with Crippen LogP contribution < -0.4 is 16.1 Å². The van der Waals surface area contributed by atoms with E-state index in [1.54, 1.807) is 13.0 Å². The van der Waals surface area contributed by atoms with Gasteiger partial charge in [-0.05, 0) is 6.92 Å². The highest BCUT2D eigenvalue weighted by Gasteiger charge is 2.41. The smallest absolute Gasteiger partial charge is 0.343 e. The van der Waals surface area contributed by atoms with Crippen molar-refractivity contribution in [2.75, 3.05) is 7.11 Å². The molecule has 26 heavy (non-hydrogen) atoms. The van der Waals surface area contributed by atoms with Crippen molar-refractivity contribution >= 4 is 11.7 Å². The SMILES string of the molecule is COC(=O)C1=C(N)Oc2cc(C)oc(=O)c2C1c1ccccc1[N+](=O)[O-]. The summed E-state index contributed by atoms with van der Waals surface area (Å²) in [6.45, 7) is 1.54. The third kappa shape index (κ3) is 2.69. The molecule has 0 bridgehead atoms. The molecule has 1 atom stereocenters. The van der Waals surface area contributed by atoms with Crippen molar-refractivity contribution in [3.63, 3.8) is 0 Å². The number of nitrogens with two attached hydrogens (primary N) is 1. The maximum Gasteiger partial charge on any atom is 0.343 e. The highest BCUT2D eigenvalue weighted by atomic mass is 16.6. The Morgan fingerprint density at radius 2 is 2.04 bits per heavy atom. The van der Waals surface area contributed by atoms with Crippen molar-refractivity contribution in [3.8, 4) is 5.75 Å². The van der Waals surface area contributed by atoms with Crippen LogP contribution in [0, 0.1) is 17.0 Å². The number of carbonyl (C=O) groups excluding carboxylic acids is 1. The van der Waals surface area contributed by atoms with Crippen LogP contribution in [0.4, 0.5) is 5.69 Å². The van der Waals surface area contributed by atoms with Gasteiger partial charge >= 0.3 is 11.6 Å². The van der Waals surface area contributed by atoms with E-state index in [2.05, 4.69) is 0 Å². The molecule has 0 radical (unpaired) electrons. The van der Waals surface area contributed by atoms with Gasteiger partial charge in [-0.1, -0.05) is 18.2 Å². The standard InChI is InChI=1S/C17H14N2O7/c1-8-7-11-13(17(21)25-8)12(14(15(18)26-11)16(20)24-2)9-5-3-4-6-10(9)19(22)23/h3-7,12H,18H2,1-2H3. The van der Waals surface area contributed by atoms with Gasteiger partial charge < -0.3 is 19.6 Å². The minimum atomic E-state index is -1.16. The van der Waals surface area contributed by atoms with E-state index in [4.69, 9.17) is 19.6 Å². The Balaban J connectivity index is 2.38. The third-order valence-electron chi connectivity index (χ3n) is 3.99. The molecule has 1 aliphatic rings. The number of nitrogens with zero attached hydrogens (tertiary/aromatic N) is 1. The number of hydrogen-bond acceptors (Lipinski definition) is 8. The van der Waals surface area contributed by atoms with Gasteiger partial charge in [0.05, 0.1) is 23.5 Å². The topological polar surface area (TPSA) is 135 Å². The Morgan fingerprint density at radius 1 is 1.35 bits per heavy atom. The number of nitro groups is 1. The second kappa shape index (κ2) is 6.36. The zero-order chi connectivity index (χ0) is 19.0. The number of hydrogen-bond donors (Lipinski definition) is 1. The van der Waals surface area contributed by atoms with Gasteiger partial charge in [0, 0.05) is 17.7 Å². The molecule has 0 aliphatic carbocycles. The lowest BCUT2D eigenvalue weighted by Gasteiger charge is -2.26. The number of para-hydroxylation sites is 1. The van der Waals surface area contributed by atoms with Crippen LogP contribution in [0.15, 0.2) is 51.0 Å². The average Bonchev–Trinajstić information content (AvgIpc) is 2.59. The second-order valence-corrected chi connectivity index (χ2v) is 5.54. The number of aryl methyl sites for hydroxylation is 1. The van der Waals surface area contributed by atoms with Crippen molar-refractivity contribution in [1.82, 2.24) is 0 Å². The third-order valence-corrected chi connectivity index (χ3v) is 3.99. The first-order chi connectivity index (χ1) is 12.3. The van der Waals surface area contributed by atoms with Gasteiger partial charge in [-0.3, -0.25) is 10.1 Å². The zero-order valence-electron chi connectivity index (χ0n) is 13.8. The van der Waals surface area contributed by atoms with Crippen molar-refractivity contribution < 1.29 is 23.6 Å². The quantitative estimate of drug-likeness (QED) is 0.498. The van der Waals surface area contributed by atoms with Crippen LogP contribution in [-0.4, -0.2) is 18.0 Å². The predicted octanol–water partition coefficient (Wildman–Crippen LogP) is 1.72. The second-order valence-electron chi connectivity index (χ2n) is 5.54. The Labute approximate surface area is 146 Å². The predicted molar refractivity (Wildman–Crippen MR) is 88.5 cm³/mol. The number of rotatable bonds is 3. The molecule has 1 aliphatic heterocycles. The lowest BCUT2D eigenvalue weighted by molar-refractivity contribution is -0.385. The number of fused-ring (bicyclic) bond motifs is 1. The van der Waals surface area contributed by atoms with Crippen molar-refractivity contribution in [3.05, 3.63) is 79.2 Å². The highest BCUT2D eigenvalue weighted by molar-refractivity contribution is 5.92. The van der Waals surface area contributed by atoms with Crippen LogP contribution in [0.3, 0.4) is 0 Å². The Bertz CT molecular complexity index is 1010. The lowest BCUT2D eigenvalue weighted by atomic mass is 9.83. The average molecular weight is 358 g/mol. The van der Waals surface area contributed by atoms with Gasteiger partial charge in [-0.25, -0.2) is 9.59 Å². The fraction of sp³-hybridized carbons (Fsp3) is 0.176. The molecule has 0 saturated carbocycles. The number of nitro benzene ring substituents is 1. The number of ether oxygens (including phenoxy) is 2. The van der Waals surface area contributed by atoms with E-state index in [1.165, 1.54) is 24.3 Å². The first-order valence-electron chi connectivity index (χ1n) is 7.49. The number of benzene rings is 1. The van der Waals surface area contributed by atoms with Gasteiger partial charge in [0.25, 0.3) is 5.69 Å². The summed E-state index contributed by atoms with van der Waals surface area (Å²) in [4.78, 5) is 35.6. The minimum Gasteiger partial charge on any atom is -0.465 e. The van der Waals surface area contributed by atoms with Crippen LogP contribution in [-0.2, 0) is 9.53 Å². The summed E-state index contributed by atoms with van der Waals surface area (Å²) < 4.78 is 15.2. The summed E-state index contributed by atoms with van der Waals surface area (Å²) in [5, 5.41) is 11.5. The molecule has 9 heteroatoms. The molecule has 3 rings (SSSR count). The molecule has 1 aromatic heterocycles. The van der Waals surface area contributed by atoms with Crippen molar-refractivity contribution in [2.24, 2.45) is 5.73 Å². The first kappa shape index (κ1) is 17.2. The molecule has 2 N–H and O–H groups in total. The van der Waals surface area contributed by atoms with Crippen LogP contribution >= 0.6 is 0 Å². The van der Waals surface area contributed by atoms with E-state index in [0.717, 1.165) is 7.11 Å². The molecule has 0 amide bonds. The first-order valence-corrected chi connectivity index (χ1v) is 7.49. The van der Waals surface area contributed by atoms with Gasteiger partial charge in [-0.2, -0.15) is 0 Å². The van der Waals surface area contributed by atoms with Crippen molar-refractivity contribution in [1.29, 1.82) is 0 Å². The van der Waals surface area contributed by atoms with Gasteiger partial charge in [-0.15, -0.1) is 0 Å². The number of methoxy groups -OCH3 is 1. The van der Waals surface area contributed by atoms with Gasteiger partial charge in [0.15, 0.2) is 0 Å². The maximum atomic E-state index is 12.5. The zero-order valence-corrected chi connectivity index (χ0v) is 13.8. The van der Waals surface area contributed by atoms with E-state index in [0.29, 0.717) is 0 Å². The monoisotopic (exact) mass is 358 g/mol. The summed E-state index contributed by atoms with van der Waals surface area (Å²) in [5.74, 6) is -1.98. The molecule has 0 fully saturated rings. The Morgan fingerprint density at radius 3 is 2.69 bits per heavy atom. The minimum absolute atomic E-state index is 0.0560. The maximum absolute atomic E-state index is 12.5. The molecule has 0 saturated heterocycles. The van der Waals surface area contributed by atoms with E-state index in [1.807, 2.05) is 0 Å². The largest absolute Gasteiger partial charge is 0.465 e. The molecule has 9 nitrogen and oxygen atoms in total. The van der Waals surface area contributed by atoms with Crippen LogP contribution in [0.5, 0.6) is 5.75 Å². The van der Waals surface area contributed by atoms with E-state index < -0.39 is 22.4 Å². The Kier molecular flexibility index (Phi) is 4.21. The van der Waals surface area contributed by atoms with E-state index in [9.17, 15) is 19.7 Å². The molecular formula is C17H14N2O7. The van der Waals surface area contributed by atoms with Crippen LogP contribution in [0.2, 0.25) is 0 Å². The summed E-state index contributed by atoms with van der Waals surface area (Å²) >= 11 is 0. The highest BCUT2D eigenvalue weighted by Crippen LogP contribution is 2.43. The summed E-state index contributed by atoms with van der Waals surface area (Å²) in [7, 11) is 1.13. The van der Waals surface area contributed by atoms with E-state index >= 15 is 0 Å². The summed E-state index contributed by atoms with van der Waals surface area (Å²) in [6, 6.07) is 7.17. The molecule has 1 aromatic carbocycles.